The van der Waals surface area contributed by atoms with Gasteiger partial charge in [-0.15, -0.1) is 0 Å². The van der Waals surface area contributed by atoms with Gasteiger partial charge in [0.25, 0.3) is 0 Å². The first-order valence-electron chi connectivity index (χ1n) is 6.33. The summed E-state index contributed by atoms with van der Waals surface area (Å²) in [5, 5.41) is 0.366. The Hall–Kier alpha value is -0.820. The summed E-state index contributed by atoms with van der Waals surface area (Å²) in [6.07, 6.45) is 0.762. The highest BCUT2D eigenvalue weighted by Gasteiger charge is 2.22. The largest absolute Gasteiger partial charge is 0.398 e. The van der Waals surface area contributed by atoms with Gasteiger partial charge in [-0.2, -0.15) is 0 Å². The average molecular weight is 320 g/mol. The predicted molar refractivity (Wildman–Crippen MR) is 83.6 cm³/mol. The molecule has 1 rings (SSSR count). The summed E-state index contributed by atoms with van der Waals surface area (Å²) in [6.45, 7) is 3.04. The summed E-state index contributed by atoms with van der Waals surface area (Å²) in [6, 6.07) is 2.91. The van der Waals surface area contributed by atoms with Gasteiger partial charge in [-0.3, -0.25) is 0 Å². The summed E-state index contributed by atoms with van der Waals surface area (Å²) in [5.74, 6) is 0. The topological polar surface area (TPSA) is 66.6 Å². The molecule has 0 fully saturated rings. The van der Waals surface area contributed by atoms with Crippen LogP contribution in [0, 0.1) is 6.92 Å². The van der Waals surface area contributed by atoms with E-state index in [4.69, 9.17) is 17.3 Å². The number of hydrogen-bond acceptors (Lipinski definition) is 4. The maximum absolute atomic E-state index is 12.4. The molecule has 0 aromatic heterocycles. The molecule has 114 valence electrons. The van der Waals surface area contributed by atoms with Crippen molar-refractivity contribution in [1.82, 2.24) is 9.21 Å². The number of benzene rings is 1. The fraction of sp³-hybridized carbons (Fsp3) is 0.538. The van der Waals surface area contributed by atoms with Gasteiger partial charge in [-0.05, 0) is 51.7 Å². The van der Waals surface area contributed by atoms with Crippen LogP contribution in [0.3, 0.4) is 0 Å². The van der Waals surface area contributed by atoms with Gasteiger partial charge in [-0.1, -0.05) is 11.6 Å². The highest BCUT2D eigenvalue weighted by molar-refractivity contribution is 7.89. The SMILES string of the molecule is Cc1c(N)cc(S(=O)(=O)N(C)CCCN(C)C)cc1Cl. The number of sulfonamides is 1. The molecule has 0 spiro atoms. The van der Waals surface area contributed by atoms with E-state index in [0.29, 0.717) is 22.8 Å². The fourth-order valence-electron chi connectivity index (χ4n) is 1.73. The number of anilines is 1. The highest BCUT2D eigenvalue weighted by atomic mass is 35.5. The third-order valence-corrected chi connectivity index (χ3v) is 5.37. The van der Waals surface area contributed by atoms with Crippen molar-refractivity contribution >= 4 is 27.3 Å². The molecule has 5 nitrogen and oxygen atoms in total. The summed E-state index contributed by atoms with van der Waals surface area (Å²) >= 11 is 6.01. The molecule has 1 aromatic carbocycles. The van der Waals surface area contributed by atoms with E-state index in [1.807, 2.05) is 19.0 Å². The van der Waals surface area contributed by atoms with Crippen molar-refractivity contribution in [3.05, 3.63) is 22.7 Å². The monoisotopic (exact) mass is 319 g/mol. The first-order chi connectivity index (χ1) is 9.16. The molecule has 0 aliphatic rings. The zero-order valence-corrected chi connectivity index (χ0v) is 13.9. The lowest BCUT2D eigenvalue weighted by molar-refractivity contribution is 0.370. The fourth-order valence-corrected chi connectivity index (χ4v) is 3.30. The maximum Gasteiger partial charge on any atom is 0.242 e. The molecule has 0 atom stereocenters. The molecule has 0 aliphatic heterocycles. The number of halogens is 1. The molecule has 0 saturated carbocycles. The molecular weight excluding hydrogens is 298 g/mol. The smallest absolute Gasteiger partial charge is 0.242 e. The molecule has 0 unspecified atom stereocenters. The molecule has 20 heavy (non-hydrogen) atoms. The van der Waals surface area contributed by atoms with Crippen LogP contribution in [0.4, 0.5) is 5.69 Å². The lowest BCUT2D eigenvalue weighted by atomic mass is 10.2. The summed E-state index contributed by atoms with van der Waals surface area (Å²) in [7, 11) is 1.92. The van der Waals surface area contributed by atoms with E-state index >= 15 is 0 Å². The van der Waals surface area contributed by atoms with Gasteiger partial charge in [-0.25, -0.2) is 12.7 Å². The zero-order chi connectivity index (χ0) is 15.5. The van der Waals surface area contributed by atoms with Crippen molar-refractivity contribution < 1.29 is 8.42 Å². The Morgan fingerprint density at radius 1 is 1.20 bits per heavy atom. The molecular formula is C13H22ClN3O2S. The predicted octanol–water partition coefficient (Wildman–Crippen LogP) is 1.80. The Morgan fingerprint density at radius 3 is 2.30 bits per heavy atom. The Morgan fingerprint density at radius 2 is 1.80 bits per heavy atom. The average Bonchev–Trinajstić information content (AvgIpc) is 2.34. The molecule has 0 radical (unpaired) electrons. The van der Waals surface area contributed by atoms with Gasteiger partial charge in [0.1, 0.15) is 0 Å². The Labute approximate surface area is 126 Å². The van der Waals surface area contributed by atoms with Crippen molar-refractivity contribution in [2.45, 2.75) is 18.2 Å². The molecule has 2 N–H and O–H groups in total. The van der Waals surface area contributed by atoms with Crippen LogP contribution in [-0.4, -0.2) is 51.9 Å². The van der Waals surface area contributed by atoms with Crippen molar-refractivity contribution in [2.75, 3.05) is 40.0 Å². The van der Waals surface area contributed by atoms with Gasteiger partial charge < -0.3 is 10.6 Å². The lowest BCUT2D eigenvalue weighted by Gasteiger charge is -2.19. The second-order valence-electron chi connectivity index (χ2n) is 5.10. The van der Waals surface area contributed by atoms with Crippen LogP contribution in [0.15, 0.2) is 17.0 Å². The number of rotatable bonds is 6. The second kappa shape index (κ2) is 6.76. The van der Waals surface area contributed by atoms with Crippen molar-refractivity contribution in [1.29, 1.82) is 0 Å². The van der Waals surface area contributed by atoms with Crippen molar-refractivity contribution in [3.63, 3.8) is 0 Å². The zero-order valence-electron chi connectivity index (χ0n) is 12.4. The van der Waals surface area contributed by atoms with Crippen molar-refractivity contribution in [2.24, 2.45) is 0 Å². The Bertz CT molecular complexity index is 550. The van der Waals surface area contributed by atoms with Crippen LogP contribution in [0.2, 0.25) is 5.02 Å². The van der Waals surface area contributed by atoms with E-state index in [1.54, 1.807) is 14.0 Å². The quantitative estimate of drug-likeness (QED) is 0.812. The van der Waals surface area contributed by atoms with E-state index in [0.717, 1.165) is 13.0 Å². The Balaban J connectivity index is 2.93. The van der Waals surface area contributed by atoms with E-state index in [2.05, 4.69) is 0 Å². The number of nitrogen functional groups attached to an aromatic ring is 1. The summed E-state index contributed by atoms with van der Waals surface area (Å²) in [5.41, 5.74) is 6.87. The molecule has 0 heterocycles. The first kappa shape index (κ1) is 17.2. The first-order valence-corrected chi connectivity index (χ1v) is 8.14. The second-order valence-corrected chi connectivity index (χ2v) is 7.55. The third kappa shape index (κ3) is 4.09. The van der Waals surface area contributed by atoms with E-state index in [1.165, 1.54) is 16.4 Å². The normalized spacial score (nSPS) is 12.3. The lowest BCUT2D eigenvalue weighted by Crippen LogP contribution is -2.30. The van der Waals surface area contributed by atoms with Crippen LogP contribution in [-0.2, 0) is 10.0 Å². The molecule has 1 aromatic rings. The van der Waals surface area contributed by atoms with Crippen LogP contribution >= 0.6 is 11.6 Å². The van der Waals surface area contributed by atoms with Crippen LogP contribution < -0.4 is 5.73 Å². The highest BCUT2D eigenvalue weighted by Crippen LogP contribution is 2.27. The van der Waals surface area contributed by atoms with Gasteiger partial charge in [0.15, 0.2) is 0 Å². The van der Waals surface area contributed by atoms with Crippen LogP contribution in [0.5, 0.6) is 0 Å². The van der Waals surface area contributed by atoms with Gasteiger partial charge in [0.05, 0.1) is 4.90 Å². The molecule has 7 heteroatoms. The summed E-state index contributed by atoms with van der Waals surface area (Å²) in [4.78, 5) is 2.15. The van der Waals surface area contributed by atoms with E-state index in [9.17, 15) is 8.42 Å². The molecule has 0 bridgehead atoms. The van der Waals surface area contributed by atoms with Crippen LogP contribution in [0.1, 0.15) is 12.0 Å². The van der Waals surface area contributed by atoms with Crippen molar-refractivity contribution in [3.8, 4) is 0 Å². The van der Waals surface area contributed by atoms with E-state index in [-0.39, 0.29) is 4.90 Å². The third-order valence-electron chi connectivity index (χ3n) is 3.14. The standard InChI is InChI=1S/C13H22ClN3O2S/c1-10-12(14)8-11(9-13(10)15)20(18,19)17(4)7-5-6-16(2)3/h8-9H,5-7,15H2,1-4H3. The minimum absolute atomic E-state index is 0.137. The summed E-state index contributed by atoms with van der Waals surface area (Å²) < 4.78 is 26.2. The van der Waals surface area contributed by atoms with E-state index < -0.39 is 10.0 Å². The minimum atomic E-state index is -3.55. The molecule has 0 amide bonds. The maximum atomic E-state index is 12.4. The number of nitrogens with two attached hydrogens (primary N) is 1. The van der Waals surface area contributed by atoms with Gasteiger partial charge >= 0.3 is 0 Å². The van der Waals surface area contributed by atoms with Gasteiger partial charge in [0.2, 0.25) is 10.0 Å². The Kier molecular flexibility index (Phi) is 5.82. The number of hydrogen-bond donors (Lipinski definition) is 1. The van der Waals surface area contributed by atoms with Gasteiger partial charge in [0, 0.05) is 24.3 Å². The minimum Gasteiger partial charge on any atom is -0.398 e. The van der Waals surface area contributed by atoms with Crippen LogP contribution in [0.25, 0.3) is 0 Å². The molecule has 0 aliphatic carbocycles. The molecule has 0 saturated heterocycles. The number of nitrogens with zero attached hydrogens (tertiary/aromatic N) is 2.